The first-order chi connectivity index (χ1) is 8.88. The number of piperazine rings is 1. The molecule has 100 valence electrons. The summed E-state index contributed by atoms with van der Waals surface area (Å²) in [6.07, 6.45) is 0. The molecule has 1 unspecified atom stereocenters. The quantitative estimate of drug-likeness (QED) is 0.367. The lowest BCUT2D eigenvalue weighted by atomic mass is 10.2. The van der Waals surface area contributed by atoms with E-state index in [0.29, 0.717) is 0 Å². The first-order valence-electron chi connectivity index (χ1n) is 5.31. The molecule has 1 atom stereocenters. The smallest absolute Gasteiger partial charge is 0.276 e. The molecule has 0 bridgehead atoms. The molecule has 1 aliphatic rings. The fraction of sp³-hybridized carbons (Fsp3) is 0.300. The van der Waals surface area contributed by atoms with Gasteiger partial charge in [-0.1, -0.05) is 11.6 Å². The fourth-order valence-electron chi connectivity index (χ4n) is 1.72. The van der Waals surface area contributed by atoms with Crippen LogP contribution in [0.2, 0.25) is 5.15 Å². The molecule has 1 N–H and O–H groups in total. The predicted octanol–water partition coefficient (Wildman–Crippen LogP) is 0.494. The number of nitrogens with one attached hydrogen (secondary N) is 1. The Balaban J connectivity index is 2.42. The molecule has 0 spiro atoms. The molecule has 8 nitrogen and oxygen atoms in total. The number of halogens is 1. The number of carbonyl (C=O) groups excluding carboxylic acids is 2. The Bertz CT molecular complexity index is 577. The first-order valence-corrected chi connectivity index (χ1v) is 5.68. The van der Waals surface area contributed by atoms with Crippen LogP contribution < -0.4 is 10.2 Å². The van der Waals surface area contributed by atoms with E-state index in [-0.39, 0.29) is 23.2 Å². The summed E-state index contributed by atoms with van der Waals surface area (Å²) in [5.41, 5.74) is -0.249. The van der Waals surface area contributed by atoms with Crippen LogP contribution in [0.5, 0.6) is 0 Å². The molecule has 0 aromatic carbocycles. The number of pyridine rings is 1. The van der Waals surface area contributed by atoms with Gasteiger partial charge in [0, 0.05) is 0 Å². The molecule has 0 aliphatic carbocycles. The lowest BCUT2D eigenvalue weighted by Gasteiger charge is -2.32. The molecule has 1 aromatic heterocycles. The highest BCUT2D eigenvalue weighted by Crippen LogP contribution is 2.25. The van der Waals surface area contributed by atoms with Crippen LogP contribution in [0.4, 0.5) is 11.5 Å². The summed E-state index contributed by atoms with van der Waals surface area (Å²) < 4.78 is 0. The average molecular weight is 285 g/mol. The van der Waals surface area contributed by atoms with Crippen LogP contribution in [0.3, 0.4) is 0 Å². The SMILES string of the molecule is CC1C(=O)NC(=O)CN1c1cc([N+](=O)[O-])cc(Cl)n1. The Labute approximate surface area is 112 Å². The summed E-state index contributed by atoms with van der Waals surface area (Å²) in [5.74, 6) is -0.858. The van der Waals surface area contributed by atoms with Gasteiger partial charge in [-0.15, -0.1) is 0 Å². The summed E-state index contributed by atoms with van der Waals surface area (Å²) in [7, 11) is 0. The molecular weight excluding hydrogens is 276 g/mol. The Morgan fingerprint density at radius 3 is 2.84 bits per heavy atom. The maximum Gasteiger partial charge on any atom is 0.276 e. The van der Waals surface area contributed by atoms with Crippen molar-refractivity contribution < 1.29 is 14.5 Å². The standard InChI is InChI=1S/C10H9ClN4O4/c1-5-10(17)13-9(16)4-14(5)8-3-6(15(18)19)2-7(11)12-8/h2-3,5H,4H2,1H3,(H,13,16,17). The average Bonchev–Trinajstić information content (AvgIpc) is 2.32. The van der Waals surface area contributed by atoms with Crippen LogP contribution in [0.25, 0.3) is 0 Å². The van der Waals surface area contributed by atoms with Crippen LogP contribution in [0.15, 0.2) is 12.1 Å². The molecule has 2 amide bonds. The van der Waals surface area contributed by atoms with Crippen molar-refractivity contribution in [3.63, 3.8) is 0 Å². The molecular formula is C10H9ClN4O4. The Kier molecular flexibility index (Phi) is 3.34. The van der Waals surface area contributed by atoms with E-state index in [2.05, 4.69) is 10.3 Å². The van der Waals surface area contributed by atoms with Gasteiger partial charge in [0.05, 0.1) is 23.6 Å². The summed E-state index contributed by atoms with van der Waals surface area (Å²) >= 11 is 5.71. The van der Waals surface area contributed by atoms with Gasteiger partial charge in [0.2, 0.25) is 11.8 Å². The number of carbonyl (C=O) groups is 2. The zero-order valence-corrected chi connectivity index (χ0v) is 10.5. The predicted molar refractivity (Wildman–Crippen MR) is 65.9 cm³/mol. The van der Waals surface area contributed by atoms with Gasteiger partial charge in [0.1, 0.15) is 17.0 Å². The number of nitro groups is 1. The van der Waals surface area contributed by atoms with Crippen molar-refractivity contribution in [3.05, 3.63) is 27.4 Å². The summed E-state index contributed by atoms with van der Waals surface area (Å²) in [6, 6.07) is 1.61. The minimum atomic E-state index is -0.664. The van der Waals surface area contributed by atoms with E-state index in [1.54, 1.807) is 6.92 Å². The second-order valence-corrected chi connectivity index (χ2v) is 4.37. The number of imide groups is 1. The summed E-state index contributed by atoms with van der Waals surface area (Å²) in [5, 5.41) is 12.8. The highest BCUT2D eigenvalue weighted by atomic mass is 35.5. The third-order valence-electron chi connectivity index (χ3n) is 2.69. The van der Waals surface area contributed by atoms with Crippen LogP contribution in [0.1, 0.15) is 6.92 Å². The number of aromatic nitrogens is 1. The van der Waals surface area contributed by atoms with Gasteiger partial charge in [-0.25, -0.2) is 4.98 Å². The zero-order chi connectivity index (χ0) is 14.2. The largest absolute Gasteiger partial charge is 0.335 e. The van der Waals surface area contributed by atoms with E-state index < -0.39 is 22.8 Å². The molecule has 1 aromatic rings. The normalized spacial score (nSPS) is 19.3. The minimum absolute atomic E-state index is 0.0742. The summed E-state index contributed by atoms with van der Waals surface area (Å²) in [4.78, 5) is 38.3. The molecule has 0 radical (unpaired) electrons. The maximum atomic E-state index is 11.5. The number of hydrogen-bond acceptors (Lipinski definition) is 6. The van der Waals surface area contributed by atoms with Gasteiger partial charge in [-0.2, -0.15) is 0 Å². The van der Waals surface area contributed by atoms with Gasteiger partial charge in [-0.05, 0) is 6.92 Å². The Morgan fingerprint density at radius 2 is 2.21 bits per heavy atom. The third kappa shape index (κ3) is 2.63. The molecule has 1 saturated heterocycles. The number of amides is 2. The van der Waals surface area contributed by atoms with E-state index in [4.69, 9.17) is 11.6 Å². The number of hydrogen-bond donors (Lipinski definition) is 1. The second-order valence-electron chi connectivity index (χ2n) is 3.98. The van der Waals surface area contributed by atoms with Gasteiger partial charge in [0.25, 0.3) is 5.69 Å². The highest BCUT2D eigenvalue weighted by molar-refractivity contribution is 6.29. The Morgan fingerprint density at radius 1 is 1.53 bits per heavy atom. The van der Waals surface area contributed by atoms with E-state index >= 15 is 0 Å². The van der Waals surface area contributed by atoms with Crippen LogP contribution in [0, 0.1) is 10.1 Å². The van der Waals surface area contributed by atoms with Gasteiger partial charge < -0.3 is 4.90 Å². The van der Waals surface area contributed by atoms with Crippen LogP contribution >= 0.6 is 11.6 Å². The fourth-order valence-corrected chi connectivity index (χ4v) is 1.91. The van der Waals surface area contributed by atoms with E-state index in [1.807, 2.05) is 0 Å². The van der Waals surface area contributed by atoms with Crippen molar-refractivity contribution >= 4 is 34.9 Å². The van der Waals surface area contributed by atoms with E-state index in [9.17, 15) is 19.7 Å². The molecule has 2 rings (SSSR count). The molecule has 1 fully saturated rings. The number of nitrogens with zero attached hydrogens (tertiary/aromatic N) is 3. The molecule has 0 saturated carbocycles. The van der Waals surface area contributed by atoms with E-state index in [1.165, 1.54) is 11.0 Å². The van der Waals surface area contributed by atoms with Crippen molar-refractivity contribution in [1.29, 1.82) is 0 Å². The second kappa shape index (κ2) is 4.81. The van der Waals surface area contributed by atoms with Gasteiger partial charge >= 0.3 is 0 Å². The monoisotopic (exact) mass is 284 g/mol. The number of rotatable bonds is 2. The first kappa shape index (κ1) is 13.2. The zero-order valence-electron chi connectivity index (χ0n) is 9.79. The topological polar surface area (TPSA) is 105 Å². The lowest BCUT2D eigenvalue weighted by Crippen LogP contribution is -2.57. The molecule has 1 aliphatic heterocycles. The molecule has 19 heavy (non-hydrogen) atoms. The summed E-state index contributed by atoms with van der Waals surface area (Å²) in [6.45, 7) is 1.45. The number of anilines is 1. The van der Waals surface area contributed by atoms with Crippen LogP contribution in [-0.4, -0.2) is 34.3 Å². The van der Waals surface area contributed by atoms with Crippen LogP contribution in [-0.2, 0) is 9.59 Å². The third-order valence-corrected chi connectivity index (χ3v) is 2.89. The lowest BCUT2D eigenvalue weighted by molar-refractivity contribution is -0.384. The molecule has 9 heteroatoms. The van der Waals surface area contributed by atoms with Crippen molar-refractivity contribution in [1.82, 2.24) is 10.3 Å². The minimum Gasteiger partial charge on any atom is -0.335 e. The maximum absolute atomic E-state index is 11.5. The van der Waals surface area contributed by atoms with Crippen molar-refractivity contribution in [2.75, 3.05) is 11.4 Å². The van der Waals surface area contributed by atoms with Gasteiger partial charge in [-0.3, -0.25) is 25.0 Å². The van der Waals surface area contributed by atoms with Crippen molar-refractivity contribution in [2.45, 2.75) is 13.0 Å². The van der Waals surface area contributed by atoms with Crippen molar-refractivity contribution in [3.8, 4) is 0 Å². The molecule has 2 heterocycles. The van der Waals surface area contributed by atoms with E-state index in [0.717, 1.165) is 6.07 Å². The van der Waals surface area contributed by atoms with Gasteiger partial charge in [0.15, 0.2) is 0 Å². The van der Waals surface area contributed by atoms with Crippen molar-refractivity contribution in [2.24, 2.45) is 0 Å². The highest BCUT2D eigenvalue weighted by Gasteiger charge is 2.32. The Hall–Kier alpha value is -2.22.